The Hall–Kier alpha value is -1.35. The molecule has 29 heavy (non-hydrogen) atoms. The summed E-state index contributed by atoms with van der Waals surface area (Å²) in [6.07, 6.45) is 0.708. The van der Waals surface area contributed by atoms with Gasteiger partial charge in [0.2, 0.25) is 10.0 Å². The molecule has 164 valence electrons. The van der Waals surface area contributed by atoms with Gasteiger partial charge in [0.1, 0.15) is 0 Å². The predicted octanol–water partition coefficient (Wildman–Crippen LogP) is 2.31. The lowest BCUT2D eigenvalue weighted by Gasteiger charge is -2.29. The van der Waals surface area contributed by atoms with Crippen LogP contribution in [0.5, 0.6) is 0 Å². The first-order chi connectivity index (χ1) is 13.9. The molecule has 1 atom stereocenters. The van der Waals surface area contributed by atoms with E-state index in [1.807, 2.05) is 25.1 Å². The van der Waals surface area contributed by atoms with E-state index >= 15 is 0 Å². The van der Waals surface area contributed by atoms with Crippen LogP contribution in [0.2, 0.25) is 5.02 Å². The molecule has 1 aromatic rings. The van der Waals surface area contributed by atoms with Gasteiger partial charge in [-0.05, 0) is 38.1 Å². The molecular weight excluding hydrogens is 410 g/mol. The van der Waals surface area contributed by atoms with Crippen LogP contribution in [0, 0.1) is 0 Å². The maximum atomic E-state index is 11.9. The fourth-order valence-corrected chi connectivity index (χ4v) is 5.37. The number of guanidine groups is 1. The van der Waals surface area contributed by atoms with Crippen molar-refractivity contribution in [1.29, 1.82) is 0 Å². The lowest BCUT2D eigenvalue weighted by atomic mass is 10.1. The number of hydrogen-bond acceptors (Lipinski definition) is 4. The van der Waals surface area contributed by atoms with Gasteiger partial charge in [0.05, 0.1) is 18.3 Å². The molecule has 7 nitrogen and oxygen atoms in total. The predicted molar refractivity (Wildman–Crippen MR) is 121 cm³/mol. The molecule has 0 radical (unpaired) electrons. The van der Waals surface area contributed by atoms with Gasteiger partial charge in [0.25, 0.3) is 0 Å². The minimum atomic E-state index is -3.07. The van der Waals surface area contributed by atoms with E-state index in [4.69, 9.17) is 16.6 Å². The van der Waals surface area contributed by atoms with Crippen LogP contribution in [0.25, 0.3) is 0 Å². The molecule has 2 N–H and O–H groups in total. The molecular formula is C20H34ClN5O2S. The number of nitrogens with zero attached hydrogens (tertiary/aromatic N) is 3. The Balaban J connectivity index is 2.07. The molecule has 0 amide bonds. The van der Waals surface area contributed by atoms with Crippen molar-refractivity contribution in [3.8, 4) is 0 Å². The fraction of sp³-hybridized carbons (Fsp3) is 0.650. The van der Waals surface area contributed by atoms with Crippen molar-refractivity contribution < 1.29 is 8.42 Å². The number of sulfonamides is 1. The molecule has 0 bridgehead atoms. The van der Waals surface area contributed by atoms with Gasteiger partial charge in [0.15, 0.2) is 5.96 Å². The van der Waals surface area contributed by atoms with Gasteiger partial charge < -0.3 is 10.6 Å². The number of halogens is 1. The summed E-state index contributed by atoms with van der Waals surface area (Å²) in [4.78, 5) is 7.11. The summed E-state index contributed by atoms with van der Waals surface area (Å²) in [7, 11) is -3.07. The summed E-state index contributed by atoms with van der Waals surface area (Å²) in [5.74, 6) is 0.943. The Kier molecular flexibility index (Phi) is 9.68. The number of aliphatic imine (C=N–C) groups is 1. The second-order valence-corrected chi connectivity index (χ2v) is 9.47. The number of nitrogens with one attached hydrogen (secondary N) is 2. The molecule has 2 rings (SSSR count). The van der Waals surface area contributed by atoms with Crippen molar-refractivity contribution in [2.45, 2.75) is 33.2 Å². The molecule has 0 spiro atoms. The third-order valence-electron chi connectivity index (χ3n) is 5.14. The molecule has 0 aromatic heterocycles. The van der Waals surface area contributed by atoms with Crippen LogP contribution in [-0.2, 0) is 10.0 Å². The highest BCUT2D eigenvalue weighted by molar-refractivity contribution is 7.89. The van der Waals surface area contributed by atoms with Crippen molar-refractivity contribution in [2.24, 2.45) is 4.99 Å². The molecule has 1 aliphatic rings. The standard InChI is InChI=1S/C20H34ClN5O2S/c1-4-22-20(23-12-14-26-13-9-15-29(26,27)28)24-16-19(25(5-2)6-3)17-10-7-8-11-18(17)21/h7-8,10-11,19H,4-6,9,12-16H2,1-3H3,(H2,22,23,24). The summed E-state index contributed by atoms with van der Waals surface area (Å²) >= 11 is 6.47. The van der Waals surface area contributed by atoms with E-state index in [1.165, 1.54) is 0 Å². The first-order valence-corrected chi connectivity index (χ1v) is 12.4. The van der Waals surface area contributed by atoms with Gasteiger partial charge in [0, 0.05) is 31.2 Å². The highest BCUT2D eigenvalue weighted by atomic mass is 35.5. The van der Waals surface area contributed by atoms with Gasteiger partial charge in [-0.15, -0.1) is 0 Å². The van der Waals surface area contributed by atoms with E-state index in [-0.39, 0.29) is 11.8 Å². The Bertz CT molecular complexity index is 768. The SMILES string of the molecule is CCNC(=NCC(c1ccccc1Cl)N(CC)CC)NCCN1CCCS1(=O)=O. The molecule has 0 saturated carbocycles. The van der Waals surface area contributed by atoms with Gasteiger partial charge in [-0.3, -0.25) is 9.89 Å². The zero-order chi connectivity index (χ0) is 21.3. The maximum Gasteiger partial charge on any atom is 0.214 e. The number of benzene rings is 1. The minimum Gasteiger partial charge on any atom is -0.357 e. The molecule has 1 saturated heterocycles. The Morgan fingerprint density at radius 1 is 1.24 bits per heavy atom. The molecule has 9 heteroatoms. The monoisotopic (exact) mass is 443 g/mol. The zero-order valence-corrected chi connectivity index (χ0v) is 19.3. The average Bonchev–Trinajstić information content (AvgIpc) is 3.04. The summed E-state index contributed by atoms with van der Waals surface area (Å²) in [5, 5.41) is 7.25. The Morgan fingerprint density at radius 3 is 2.55 bits per heavy atom. The van der Waals surface area contributed by atoms with Crippen LogP contribution in [0.15, 0.2) is 29.3 Å². The van der Waals surface area contributed by atoms with Gasteiger partial charge in [-0.2, -0.15) is 0 Å². The highest BCUT2D eigenvalue weighted by Gasteiger charge is 2.27. The lowest BCUT2D eigenvalue weighted by Crippen LogP contribution is -2.42. The quantitative estimate of drug-likeness (QED) is 0.428. The number of rotatable bonds is 10. The highest BCUT2D eigenvalue weighted by Crippen LogP contribution is 2.27. The number of hydrogen-bond donors (Lipinski definition) is 2. The summed E-state index contributed by atoms with van der Waals surface area (Å²) in [5.41, 5.74) is 1.07. The van der Waals surface area contributed by atoms with E-state index in [0.717, 1.165) is 30.2 Å². The van der Waals surface area contributed by atoms with Crippen molar-refractivity contribution in [2.75, 3.05) is 51.6 Å². The third-order valence-corrected chi connectivity index (χ3v) is 7.44. The van der Waals surface area contributed by atoms with Crippen LogP contribution < -0.4 is 10.6 Å². The Morgan fingerprint density at radius 2 is 1.97 bits per heavy atom. The smallest absolute Gasteiger partial charge is 0.214 e. The van der Waals surface area contributed by atoms with Gasteiger partial charge in [-0.25, -0.2) is 12.7 Å². The maximum absolute atomic E-state index is 11.9. The van der Waals surface area contributed by atoms with Gasteiger partial charge >= 0.3 is 0 Å². The summed E-state index contributed by atoms with van der Waals surface area (Å²) in [6.45, 7) is 11.0. The third kappa shape index (κ3) is 6.84. The van der Waals surface area contributed by atoms with E-state index in [9.17, 15) is 8.42 Å². The van der Waals surface area contributed by atoms with Crippen molar-refractivity contribution >= 4 is 27.6 Å². The second kappa shape index (κ2) is 11.7. The lowest BCUT2D eigenvalue weighted by molar-refractivity contribution is 0.224. The number of likely N-dealkylation sites (N-methyl/N-ethyl adjacent to an activating group) is 1. The van der Waals surface area contributed by atoms with Gasteiger partial charge in [-0.1, -0.05) is 43.6 Å². The van der Waals surface area contributed by atoms with E-state index in [0.29, 0.717) is 38.6 Å². The van der Waals surface area contributed by atoms with E-state index in [2.05, 4.69) is 35.4 Å². The van der Waals surface area contributed by atoms with Crippen LogP contribution in [0.1, 0.15) is 38.8 Å². The van der Waals surface area contributed by atoms with Crippen LogP contribution in [0.3, 0.4) is 0 Å². The molecule has 1 unspecified atom stereocenters. The second-order valence-electron chi connectivity index (χ2n) is 6.97. The minimum absolute atomic E-state index is 0.0770. The van der Waals surface area contributed by atoms with Crippen LogP contribution in [0.4, 0.5) is 0 Å². The average molecular weight is 444 g/mol. The first kappa shape index (κ1) is 23.9. The van der Waals surface area contributed by atoms with Crippen molar-refractivity contribution in [1.82, 2.24) is 19.8 Å². The topological polar surface area (TPSA) is 77.0 Å². The summed E-state index contributed by atoms with van der Waals surface area (Å²) < 4.78 is 25.4. The van der Waals surface area contributed by atoms with Crippen LogP contribution in [-0.4, -0.2) is 75.1 Å². The normalized spacial score (nSPS) is 18.2. The molecule has 0 aliphatic carbocycles. The molecule has 1 fully saturated rings. The first-order valence-electron chi connectivity index (χ1n) is 10.4. The molecule has 1 aromatic carbocycles. The van der Waals surface area contributed by atoms with Crippen molar-refractivity contribution in [3.05, 3.63) is 34.9 Å². The summed E-state index contributed by atoms with van der Waals surface area (Å²) in [6, 6.07) is 7.98. The molecule has 1 aliphatic heterocycles. The Labute approximate surface area is 180 Å². The zero-order valence-electron chi connectivity index (χ0n) is 17.7. The van der Waals surface area contributed by atoms with E-state index < -0.39 is 10.0 Å². The van der Waals surface area contributed by atoms with E-state index in [1.54, 1.807) is 4.31 Å². The van der Waals surface area contributed by atoms with Crippen molar-refractivity contribution in [3.63, 3.8) is 0 Å². The largest absolute Gasteiger partial charge is 0.357 e. The fourth-order valence-electron chi connectivity index (χ4n) is 3.58. The van der Waals surface area contributed by atoms with Crippen LogP contribution >= 0.6 is 11.6 Å². The molecule has 1 heterocycles.